The van der Waals surface area contributed by atoms with Crippen molar-refractivity contribution in [2.75, 3.05) is 33.2 Å². The highest BCUT2D eigenvalue weighted by Crippen LogP contribution is 2.23. The van der Waals surface area contributed by atoms with Gasteiger partial charge in [0.25, 0.3) is 0 Å². The Hall–Kier alpha value is -1.10. The highest BCUT2D eigenvalue weighted by Gasteiger charge is 2.34. The zero-order valence-electron chi connectivity index (χ0n) is 12.7. The molecule has 1 unspecified atom stereocenters. The molecule has 1 N–H and O–H groups in total. The molecule has 0 aromatic carbocycles. The number of amides is 2. The number of nitrogens with zero attached hydrogens (tertiary/aromatic N) is 2. The summed E-state index contributed by atoms with van der Waals surface area (Å²) >= 11 is 0. The van der Waals surface area contributed by atoms with E-state index in [9.17, 15) is 9.59 Å². The van der Waals surface area contributed by atoms with Crippen molar-refractivity contribution in [2.45, 2.75) is 45.1 Å². The van der Waals surface area contributed by atoms with Gasteiger partial charge >= 0.3 is 0 Å². The molecule has 2 rings (SSSR count). The van der Waals surface area contributed by atoms with Crippen molar-refractivity contribution < 1.29 is 9.59 Å². The molecule has 2 heterocycles. The van der Waals surface area contributed by atoms with Crippen LogP contribution in [0.3, 0.4) is 0 Å². The minimum atomic E-state index is -0.0971. The van der Waals surface area contributed by atoms with E-state index in [4.69, 9.17) is 0 Å². The molecule has 2 amide bonds. The molecule has 5 heteroatoms. The van der Waals surface area contributed by atoms with Crippen LogP contribution in [0.1, 0.15) is 39.0 Å². The first-order valence-corrected chi connectivity index (χ1v) is 7.88. The van der Waals surface area contributed by atoms with Crippen LogP contribution in [0.25, 0.3) is 0 Å². The van der Waals surface area contributed by atoms with Crippen molar-refractivity contribution >= 4 is 11.8 Å². The van der Waals surface area contributed by atoms with Crippen LogP contribution in [0.4, 0.5) is 0 Å². The molecule has 1 atom stereocenters. The van der Waals surface area contributed by atoms with Gasteiger partial charge in [0.2, 0.25) is 11.8 Å². The summed E-state index contributed by atoms with van der Waals surface area (Å²) in [5, 5.41) is 3.34. The lowest BCUT2D eigenvalue weighted by molar-refractivity contribution is -0.146. The Bertz CT molecular complexity index is 353. The second-order valence-electron chi connectivity index (χ2n) is 6.02. The fourth-order valence-electron chi connectivity index (χ4n) is 3.22. The number of carbonyl (C=O) groups is 2. The van der Waals surface area contributed by atoms with E-state index in [1.54, 1.807) is 4.90 Å². The largest absolute Gasteiger partial charge is 0.346 e. The maximum atomic E-state index is 12.8. The van der Waals surface area contributed by atoms with E-state index in [0.29, 0.717) is 19.0 Å². The first-order valence-electron chi connectivity index (χ1n) is 7.88. The molecule has 0 radical (unpaired) electrons. The molecule has 0 aliphatic carbocycles. The van der Waals surface area contributed by atoms with E-state index in [2.05, 4.69) is 17.1 Å². The van der Waals surface area contributed by atoms with Gasteiger partial charge in [0, 0.05) is 38.5 Å². The lowest BCUT2D eigenvalue weighted by Gasteiger charge is -2.38. The Labute approximate surface area is 121 Å². The molecular weight excluding hydrogens is 254 g/mol. The van der Waals surface area contributed by atoms with Crippen molar-refractivity contribution in [2.24, 2.45) is 5.92 Å². The Morgan fingerprint density at radius 3 is 2.65 bits per heavy atom. The zero-order valence-corrected chi connectivity index (χ0v) is 12.7. The summed E-state index contributed by atoms with van der Waals surface area (Å²) in [5.74, 6) is 0.219. The number of hydrogen-bond acceptors (Lipinski definition) is 3. The van der Waals surface area contributed by atoms with E-state index >= 15 is 0 Å². The number of nitrogens with one attached hydrogen (secondary N) is 1. The highest BCUT2D eigenvalue weighted by atomic mass is 16.2. The summed E-state index contributed by atoms with van der Waals surface area (Å²) < 4.78 is 0. The normalized spacial score (nSPS) is 24.8. The molecule has 2 fully saturated rings. The van der Waals surface area contributed by atoms with Gasteiger partial charge in [-0.3, -0.25) is 9.59 Å². The van der Waals surface area contributed by atoms with E-state index < -0.39 is 0 Å². The molecule has 2 aliphatic rings. The van der Waals surface area contributed by atoms with Crippen LogP contribution < -0.4 is 5.32 Å². The van der Waals surface area contributed by atoms with Gasteiger partial charge in [0.15, 0.2) is 0 Å². The van der Waals surface area contributed by atoms with Crippen LogP contribution in [-0.2, 0) is 9.59 Å². The topological polar surface area (TPSA) is 52.7 Å². The van der Waals surface area contributed by atoms with Crippen molar-refractivity contribution in [1.29, 1.82) is 0 Å². The Morgan fingerprint density at radius 2 is 2.05 bits per heavy atom. The maximum absolute atomic E-state index is 12.8. The predicted octanol–water partition coefficient (Wildman–Crippen LogP) is 0.845. The van der Waals surface area contributed by atoms with E-state index in [-0.39, 0.29) is 17.7 Å². The van der Waals surface area contributed by atoms with Crippen molar-refractivity contribution in [1.82, 2.24) is 15.1 Å². The molecule has 0 spiro atoms. The van der Waals surface area contributed by atoms with Crippen LogP contribution in [-0.4, -0.2) is 60.9 Å². The number of hydrogen-bond donors (Lipinski definition) is 1. The van der Waals surface area contributed by atoms with Crippen LogP contribution >= 0.6 is 0 Å². The third-order valence-corrected chi connectivity index (χ3v) is 4.51. The minimum absolute atomic E-state index is 0.0971. The van der Waals surface area contributed by atoms with Gasteiger partial charge in [-0.2, -0.15) is 0 Å². The predicted molar refractivity (Wildman–Crippen MR) is 78.3 cm³/mol. The molecule has 0 aromatic rings. The maximum Gasteiger partial charge on any atom is 0.226 e. The molecule has 5 nitrogen and oxygen atoms in total. The van der Waals surface area contributed by atoms with E-state index in [0.717, 1.165) is 45.3 Å². The lowest BCUT2D eigenvalue weighted by atomic mass is 9.93. The van der Waals surface area contributed by atoms with E-state index in [1.165, 1.54) is 0 Å². The summed E-state index contributed by atoms with van der Waals surface area (Å²) in [6.07, 6.45) is 4.25. The Kier molecular flexibility index (Phi) is 5.40. The fraction of sp³-hybridized carbons (Fsp3) is 0.867. The van der Waals surface area contributed by atoms with Crippen molar-refractivity contribution in [3.05, 3.63) is 0 Å². The summed E-state index contributed by atoms with van der Waals surface area (Å²) in [6.45, 7) is 5.63. The van der Waals surface area contributed by atoms with Gasteiger partial charge in [-0.05, 0) is 38.8 Å². The lowest BCUT2D eigenvalue weighted by Crippen LogP contribution is -2.50. The van der Waals surface area contributed by atoms with Gasteiger partial charge < -0.3 is 15.1 Å². The average Bonchev–Trinajstić information content (AvgIpc) is 2.48. The smallest absolute Gasteiger partial charge is 0.226 e. The molecule has 20 heavy (non-hydrogen) atoms. The summed E-state index contributed by atoms with van der Waals surface area (Å²) in [6, 6.07) is 0.360. The first kappa shape index (κ1) is 15.3. The molecule has 0 bridgehead atoms. The monoisotopic (exact) mass is 281 g/mol. The molecular formula is C15H27N3O2. The number of piperidine rings is 2. The van der Waals surface area contributed by atoms with Crippen molar-refractivity contribution in [3.8, 4) is 0 Å². The van der Waals surface area contributed by atoms with Gasteiger partial charge in [-0.1, -0.05) is 6.92 Å². The van der Waals surface area contributed by atoms with Crippen LogP contribution in [0.2, 0.25) is 0 Å². The second-order valence-corrected chi connectivity index (χ2v) is 6.02. The van der Waals surface area contributed by atoms with Crippen LogP contribution in [0.5, 0.6) is 0 Å². The fourth-order valence-corrected chi connectivity index (χ4v) is 3.22. The molecule has 2 saturated heterocycles. The number of rotatable bonds is 4. The Morgan fingerprint density at radius 1 is 1.35 bits per heavy atom. The van der Waals surface area contributed by atoms with Gasteiger partial charge in [0.05, 0.1) is 0 Å². The van der Waals surface area contributed by atoms with Crippen LogP contribution in [0, 0.1) is 5.92 Å². The third-order valence-electron chi connectivity index (χ3n) is 4.51. The number of likely N-dealkylation sites (tertiary alicyclic amines) is 1. The summed E-state index contributed by atoms with van der Waals surface area (Å²) in [4.78, 5) is 28.4. The molecule has 2 aliphatic heterocycles. The summed E-state index contributed by atoms with van der Waals surface area (Å²) in [5.41, 5.74) is 0. The Balaban J connectivity index is 2.00. The molecule has 0 saturated carbocycles. The van der Waals surface area contributed by atoms with Gasteiger partial charge in [0.1, 0.15) is 0 Å². The van der Waals surface area contributed by atoms with Gasteiger partial charge in [-0.25, -0.2) is 0 Å². The SMILES string of the molecule is CCCN(C(=O)C1CCN(C)C(=O)C1)C1CCNCC1. The van der Waals surface area contributed by atoms with Crippen molar-refractivity contribution in [3.63, 3.8) is 0 Å². The van der Waals surface area contributed by atoms with Gasteiger partial charge in [-0.15, -0.1) is 0 Å². The number of carbonyl (C=O) groups excluding carboxylic acids is 2. The van der Waals surface area contributed by atoms with E-state index in [1.807, 2.05) is 7.05 Å². The molecule has 114 valence electrons. The standard InChI is InChI=1S/C15H27N3O2/c1-3-9-18(13-4-7-16-8-5-13)15(20)12-6-10-17(2)14(19)11-12/h12-13,16H,3-11H2,1-2H3. The summed E-state index contributed by atoms with van der Waals surface area (Å²) in [7, 11) is 1.82. The average molecular weight is 281 g/mol. The second kappa shape index (κ2) is 7.07. The molecule has 0 aromatic heterocycles. The minimum Gasteiger partial charge on any atom is -0.346 e. The zero-order chi connectivity index (χ0) is 14.5. The quantitative estimate of drug-likeness (QED) is 0.831. The van der Waals surface area contributed by atoms with Crippen LogP contribution in [0.15, 0.2) is 0 Å². The third kappa shape index (κ3) is 3.51. The first-order chi connectivity index (χ1) is 9.63. The highest BCUT2D eigenvalue weighted by molar-refractivity contribution is 5.87.